The van der Waals surface area contributed by atoms with Crippen molar-refractivity contribution < 1.29 is 28.2 Å². The van der Waals surface area contributed by atoms with E-state index in [1.807, 2.05) is 12.1 Å². The number of halogens is 1. The van der Waals surface area contributed by atoms with E-state index in [2.05, 4.69) is 10.3 Å². The van der Waals surface area contributed by atoms with Crippen molar-refractivity contribution in [2.24, 2.45) is 0 Å². The Morgan fingerprint density at radius 2 is 1.75 bits per heavy atom. The lowest BCUT2D eigenvalue weighted by Gasteiger charge is -2.20. The summed E-state index contributed by atoms with van der Waals surface area (Å²) in [5.41, 5.74) is 2.31. The summed E-state index contributed by atoms with van der Waals surface area (Å²) in [4.78, 5) is 30.1. The van der Waals surface area contributed by atoms with Crippen LogP contribution >= 0.6 is 0 Å². The summed E-state index contributed by atoms with van der Waals surface area (Å²) in [5.74, 6) is -0.941. The molecule has 8 nitrogen and oxygen atoms in total. The van der Waals surface area contributed by atoms with Crippen LogP contribution in [0.4, 0.5) is 4.39 Å². The number of methoxy groups -OCH3 is 2. The second-order valence-electron chi connectivity index (χ2n) is 10.3. The van der Waals surface area contributed by atoms with Crippen molar-refractivity contribution in [2.45, 2.75) is 12.3 Å². The fourth-order valence-corrected chi connectivity index (χ4v) is 5.69. The van der Waals surface area contributed by atoms with Crippen LogP contribution in [0.25, 0.3) is 21.9 Å². The van der Waals surface area contributed by atoms with Crippen molar-refractivity contribution >= 4 is 27.8 Å². The first-order valence-electron chi connectivity index (χ1n) is 14.0. The predicted molar refractivity (Wildman–Crippen MR) is 165 cm³/mol. The average Bonchev–Trinajstić information content (AvgIpc) is 3.39. The zero-order chi connectivity index (χ0) is 30.8. The standard InChI is InChI=1S/C35H29FN2O6/c1-42-22-14-15-27-26(19-22)23(16-17-37-34(40)25-11-4-5-12-28(25)43-2)32(38-27)30(20-8-7-9-21(36)18-20)31-33(39)24-10-3-6-13-29(24)44-35(31)41/h3-15,18-19,30,38-39H,16-17H2,1-2H3,(H,37,40). The average molecular weight is 593 g/mol. The zero-order valence-electron chi connectivity index (χ0n) is 24.0. The van der Waals surface area contributed by atoms with Crippen LogP contribution in [0.2, 0.25) is 0 Å². The molecule has 1 unspecified atom stereocenters. The maximum Gasteiger partial charge on any atom is 0.344 e. The monoisotopic (exact) mass is 592 g/mol. The van der Waals surface area contributed by atoms with Crippen LogP contribution in [0.15, 0.2) is 100 Å². The second kappa shape index (κ2) is 12.0. The highest BCUT2D eigenvalue weighted by atomic mass is 19.1. The molecule has 6 aromatic rings. The van der Waals surface area contributed by atoms with Gasteiger partial charge in [0.25, 0.3) is 5.91 Å². The van der Waals surface area contributed by atoms with Crippen LogP contribution < -0.4 is 20.4 Å². The van der Waals surface area contributed by atoms with Crippen LogP contribution in [-0.2, 0) is 6.42 Å². The molecule has 6 rings (SSSR count). The molecule has 3 N–H and O–H groups in total. The minimum atomic E-state index is -0.940. The zero-order valence-corrected chi connectivity index (χ0v) is 24.0. The lowest BCUT2D eigenvalue weighted by Crippen LogP contribution is -2.26. The number of aromatic nitrogens is 1. The first-order valence-corrected chi connectivity index (χ1v) is 14.0. The minimum absolute atomic E-state index is 0.0351. The molecular weight excluding hydrogens is 563 g/mol. The molecule has 0 aliphatic carbocycles. The smallest absolute Gasteiger partial charge is 0.344 e. The molecule has 4 aromatic carbocycles. The summed E-state index contributed by atoms with van der Waals surface area (Å²) < 4.78 is 31.2. The number of amides is 1. The van der Waals surface area contributed by atoms with Gasteiger partial charge in [-0.2, -0.15) is 0 Å². The maximum atomic E-state index is 14.7. The number of nitrogens with one attached hydrogen (secondary N) is 2. The number of H-pyrrole nitrogens is 1. The first-order chi connectivity index (χ1) is 21.4. The first kappa shape index (κ1) is 28.5. The lowest BCUT2D eigenvalue weighted by atomic mass is 9.85. The van der Waals surface area contributed by atoms with Gasteiger partial charge in [-0.3, -0.25) is 4.79 Å². The molecule has 0 bridgehead atoms. The third-order valence-corrected chi connectivity index (χ3v) is 7.74. The molecular formula is C35H29FN2O6. The summed E-state index contributed by atoms with van der Waals surface area (Å²) in [6, 6.07) is 25.0. The predicted octanol–water partition coefficient (Wildman–Crippen LogP) is 6.29. The minimum Gasteiger partial charge on any atom is -0.507 e. The number of ether oxygens (including phenoxy) is 2. The Kier molecular flexibility index (Phi) is 7.76. The molecule has 0 radical (unpaired) electrons. The molecule has 222 valence electrons. The highest BCUT2D eigenvalue weighted by molar-refractivity contribution is 5.97. The number of rotatable bonds is 9. The molecule has 2 aromatic heterocycles. The summed E-state index contributed by atoms with van der Waals surface area (Å²) in [6.45, 7) is 0.224. The van der Waals surface area contributed by atoms with Gasteiger partial charge in [0.2, 0.25) is 0 Å². The van der Waals surface area contributed by atoms with Gasteiger partial charge in [-0.1, -0.05) is 36.4 Å². The number of carbonyl (C=O) groups excluding carboxylic acids is 1. The van der Waals surface area contributed by atoms with E-state index in [1.165, 1.54) is 19.2 Å². The van der Waals surface area contributed by atoms with Crippen LogP contribution in [-0.4, -0.2) is 36.8 Å². The van der Waals surface area contributed by atoms with Crippen molar-refractivity contribution in [3.05, 3.63) is 135 Å². The van der Waals surface area contributed by atoms with E-state index in [1.54, 1.807) is 73.8 Å². The number of fused-ring (bicyclic) bond motifs is 2. The van der Waals surface area contributed by atoms with Crippen molar-refractivity contribution in [3.8, 4) is 17.2 Å². The van der Waals surface area contributed by atoms with Crippen LogP contribution in [0, 0.1) is 5.82 Å². The van der Waals surface area contributed by atoms with E-state index in [0.717, 1.165) is 16.5 Å². The van der Waals surface area contributed by atoms with Crippen molar-refractivity contribution in [2.75, 3.05) is 20.8 Å². The Morgan fingerprint density at radius 1 is 0.955 bits per heavy atom. The van der Waals surface area contributed by atoms with Gasteiger partial charge in [0.15, 0.2) is 0 Å². The summed E-state index contributed by atoms with van der Waals surface area (Å²) in [6.07, 6.45) is 0.328. The van der Waals surface area contributed by atoms with E-state index in [4.69, 9.17) is 13.9 Å². The summed E-state index contributed by atoms with van der Waals surface area (Å²) in [7, 11) is 3.07. The van der Waals surface area contributed by atoms with Crippen LogP contribution in [0.3, 0.4) is 0 Å². The van der Waals surface area contributed by atoms with Gasteiger partial charge in [0, 0.05) is 23.1 Å². The molecule has 0 aliphatic rings. The van der Waals surface area contributed by atoms with Crippen molar-refractivity contribution in [1.82, 2.24) is 10.3 Å². The summed E-state index contributed by atoms with van der Waals surface area (Å²) >= 11 is 0. The lowest BCUT2D eigenvalue weighted by molar-refractivity contribution is 0.0951. The number of aromatic amines is 1. The van der Waals surface area contributed by atoms with Gasteiger partial charge in [-0.05, 0) is 72.1 Å². The van der Waals surface area contributed by atoms with Crippen LogP contribution in [0.5, 0.6) is 17.2 Å². The SMILES string of the molecule is COc1ccc2[nH]c(C(c3cccc(F)c3)c3c(O)c4ccccc4oc3=O)c(CCNC(=O)c3ccccc3OC)c2c1. The van der Waals surface area contributed by atoms with Crippen molar-refractivity contribution in [1.29, 1.82) is 0 Å². The molecule has 0 aliphatic heterocycles. The molecule has 0 saturated heterocycles. The highest BCUT2D eigenvalue weighted by Crippen LogP contribution is 2.41. The molecule has 1 amide bonds. The van der Waals surface area contributed by atoms with Gasteiger partial charge < -0.3 is 29.3 Å². The largest absolute Gasteiger partial charge is 0.507 e. The number of aromatic hydroxyl groups is 1. The number of hydrogen-bond acceptors (Lipinski definition) is 6. The molecule has 0 saturated carbocycles. The third kappa shape index (κ3) is 5.24. The fourth-order valence-electron chi connectivity index (χ4n) is 5.69. The Bertz CT molecular complexity index is 2060. The van der Waals surface area contributed by atoms with Gasteiger partial charge in [0.1, 0.15) is 28.6 Å². The van der Waals surface area contributed by atoms with Crippen molar-refractivity contribution in [3.63, 3.8) is 0 Å². The van der Waals surface area contributed by atoms with E-state index in [9.17, 15) is 19.1 Å². The number of hydrogen-bond donors (Lipinski definition) is 3. The number of para-hydroxylation sites is 2. The topological polar surface area (TPSA) is 114 Å². The summed E-state index contributed by atoms with van der Waals surface area (Å²) in [5, 5.41) is 15.6. The molecule has 2 heterocycles. The quantitative estimate of drug-likeness (QED) is 0.170. The number of benzene rings is 4. The molecule has 0 spiro atoms. The van der Waals surface area contributed by atoms with Crippen LogP contribution in [0.1, 0.15) is 38.7 Å². The molecule has 0 fully saturated rings. The Morgan fingerprint density at radius 3 is 2.55 bits per heavy atom. The van der Waals surface area contributed by atoms with Gasteiger partial charge in [-0.25, -0.2) is 9.18 Å². The Balaban J connectivity index is 1.51. The fraction of sp³-hybridized carbons (Fsp3) is 0.143. The van der Waals surface area contributed by atoms with E-state index < -0.39 is 17.4 Å². The molecule has 1 atom stereocenters. The Labute approximate surface area is 251 Å². The van der Waals surface area contributed by atoms with Gasteiger partial charge in [0.05, 0.1) is 36.7 Å². The van der Waals surface area contributed by atoms with E-state index in [0.29, 0.717) is 40.1 Å². The normalized spacial score (nSPS) is 11.9. The maximum absolute atomic E-state index is 14.7. The molecule has 9 heteroatoms. The third-order valence-electron chi connectivity index (χ3n) is 7.74. The Hall–Kier alpha value is -5.57. The molecule has 44 heavy (non-hydrogen) atoms. The number of carbonyl (C=O) groups is 1. The van der Waals surface area contributed by atoms with E-state index in [-0.39, 0.29) is 29.3 Å². The van der Waals surface area contributed by atoms with Gasteiger partial charge >= 0.3 is 5.63 Å². The van der Waals surface area contributed by atoms with Gasteiger partial charge in [-0.15, -0.1) is 0 Å². The second-order valence-corrected chi connectivity index (χ2v) is 10.3. The van der Waals surface area contributed by atoms with E-state index >= 15 is 0 Å². The highest BCUT2D eigenvalue weighted by Gasteiger charge is 2.31.